The largest absolute Gasteiger partial charge is 0.493 e. The summed E-state index contributed by atoms with van der Waals surface area (Å²) in [4.78, 5) is 40.0. The van der Waals surface area contributed by atoms with Crippen molar-refractivity contribution in [1.82, 2.24) is 20.0 Å². The smallest absolute Gasteiger partial charge is 0.264 e. The molecule has 2 N–H and O–H groups in total. The zero-order valence-electron chi connectivity index (χ0n) is 20.3. The molecule has 2 aromatic carbocycles. The molecule has 3 aliphatic rings. The predicted octanol–water partition coefficient (Wildman–Crippen LogP) is 3.26. The van der Waals surface area contributed by atoms with E-state index in [0.717, 1.165) is 35.7 Å². The number of nitrogens with one attached hydrogen (secondary N) is 2. The first-order valence-electron chi connectivity index (χ1n) is 12.5. The number of allylic oxidation sites excluding steroid dienone is 1. The van der Waals surface area contributed by atoms with Crippen molar-refractivity contribution in [1.29, 1.82) is 0 Å². The summed E-state index contributed by atoms with van der Waals surface area (Å²) in [5.41, 5.74) is 5.14. The van der Waals surface area contributed by atoms with Gasteiger partial charge in [0, 0.05) is 29.7 Å². The third-order valence-electron chi connectivity index (χ3n) is 7.14. The number of carbonyl (C=O) groups excluding carboxylic acids is 3. The molecule has 0 aliphatic carbocycles. The van der Waals surface area contributed by atoms with Crippen molar-refractivity contribution >= 4 is 23.4 Å². The Kier molecular flexibility index (Phi) is 5.75. The molecule has 188 valence electrons. The van der Waals surface area contributed by atoms with Crippen LogP contribution in [0.2, 0.25) is 0 Å². The van der Waals surface area contributed by atoms with Crippen molar-refractivity contribution in [3.8, 4) is 5.75 Å². The van der Waals surface area contributed by atoms with Crippen LogP contribution in [0.25, 0.3) is 0 Å². The van der Waals surface area contributed by atoms with Gasteiger partial charge in [-0.05, 0) is 55.0 Å². The van der Waals surface area contributed by atoms with Gasteiger partial charge >= 0.3 is 0 Å². The van der Waals surface area contributed by atoms with Crippen LogP contribution in [0.15, 0.2) is 61.1 Å². The summed E-state index contributed by atoms with van der Waals surface area (Å²) >= 11 is 0. The second-order valence-electron chi connectivity index (χ2n) is 9.60. The zero-order valence-corrected chi connectivity index (χ0v) is 20.3. The van der Waals surface area contributed by atoms with Crippen molar-refractivity contribution in [2.45, 2.75) is 44.8 Å². The van der Waals surface area contributed by atoms with Crippen LogP contribution in [0.5, 0.6) is 5.75 Å². The number of rotatable bonds is 6. The molecule has 9 heteroatoms. The SMILES string of the molecule is C=C1CCC(N2C(=O)c3cccc(NCc4cnn(Cc5cccc6c5CCCO6)c4)c3C2=O)C(=O)N1. The number of hydrogen-bond acceptors (Lipinski definition) is 6. The third-order valence-corrected chi connectivity index (χ3v) is 7.14. The highest BCUT2D eigenvalue weighted by Crippen LogP contribution is 2.33. The highest BCUT2D eigenvalue weighted by atomic mass is 16.5. The molecular formula is C28H27N5O4. The Morgan fingerprint density at radius 3 is 2.84 bits per heavy atom. The van der Waals surface area contributed by atoms with Crippen molar-refractivity contribution in [3.63, 3.8) is 0 Å². The van der Waals surface area contributed by atoms with Gasteiger partial charge in [-0.3, -0.25) is 24.0 Å². The number of fused-ring (bicyclic) bond motifs is 2. The number of anilines is 1. The van der Waals surface area contributed by atoms with Gasteiger partial charge in [0.15, 0.2) is 0 Å². The molecule has 1 fully saturated rings. The monoisotopic (exact) mass is 497 g/mol. The summed E-state index contributed by atoms with van der Waals surface area (Å²) < 4.78 is 7.68. The van der Waals surface area contributed by atoms with E-state index in [9.17, 15) is 14.4 Å². The first-order valence-corrected chi connectivity index (χ1v) is 12.5. The fourth-order valence-corrected chi connectivity index (χ4v) is 5.31. The van der Waals surface area contributed by atoms with Crippen LogP contribution in [0.3, 0.4) is 0 Å². The molecule has 0 bridgehead atoms. The van der Waals surface area contributed by atoms with E-state index in [1.807, 2.05) is 23.0 Å². The van der Waals surface area contributed by atoms with E-state index >= 15 is 0 Å². The number of amides is 3. The summed E-state index contributed by atoms with van der Waals surface area (Å²) in [7, 11) is 0. The molecule has 3 aliphatic heterocycles. The van der Waals surface area contributed by atoms with Gasteiger partial charge in [-0.15, -0.1) is 0 Å². The lowest BCUT2D eigenvalue weighted by atomic mass is 10.00. The summed E-state index contributed by atoms with van der Waals surface area (Å²) in [6.07, 6.45) is 6.67. The predicted molar refractivity (Wildman–Crippen MR) is 136 cm³/mol. The van der Waals surface area contributed by atoms with E-state index in [2.05, 4.69) is 28.4 Å². The number of nitrogens with zero attached hydrogens (tertiary/aromatic N) is 3. The van der Waals surface area contributed by atoms with Gasteiger partial charge in [0.2, 0.25) is 5.91 Å². The second kappa shape index (κ2) is 9.24. The molecule has 3 aromatic rings. The third kappa shape index (κ3) is 4.16. The second-order valence-corrected chi connectivity index (χ2v) is 9.60. The van der Waals surface area contributed by atoms with Crippen molar-refractivity contribution in [2.24, 2.45) is 0 Å². The maximum Gasteiger partial charge on any atom is 0.264 e. The van der Waals surface area contributed by atoms with E-state index in [0.29, 0.717) is 48.4 Å². The Hall–Kier alpha value is -4.40. The van der Waals surface area contributed by atoms with Gasteiger partial charge in [0.05, 0.1) is 30.5 Å². The van der Waals surface area contributed by atoms with Crippen molar-refractivity contribution < 1.29 is 19.1 Å². The van der Waals surface area contributed by atoms with E-state index in [-0.39, 0.29) is 5.91 Å². The molecule has 9 nitrogen and oxygen atoms in total. The number of imide groups is 1. The average Bonchev–Trinajstić information content (AvgIpc) is 3.45. The topological polar surface area (TPSA) is 106 Å². The van der Waals surface area contributed by atoms with Gasteiger partial charge in [-0.25, -0.2) is 0 Å². The Labute approximate surface area is 214 Å². The normalized spacial score (nSPS) is 18.8. The van der Waals surface area contributed by atoms with Gasteiger partial charge in [-0.1, -0.05) is 24.8 Å². The fourth-order valence-electron chi connectivity index (χ4n) is 5.31. The molecule has 0 radical (unpaired) electrons. The van der Waals surface area contributed by atoms with Crippen molar-refractivity contribution in [3.05, 3.63) is 88.9 Å². The van der Waals surface area contributed by atoms with Crippen LogP contribution in [-0.4, -0.2) is 45.1 Å². The van der Waals surface area contributed by atoms with E-state index < -0.39 is 17.9 Å². The molecule has 0 saturated carbocycles. The minimum Gasteiger partial charge on any atom is -0.493 e. The van der Waals surface area contributed by atoms with Crippen LogP contribution in [0.1, 0.15) is 56.7 Å². The van der Waals surface area contributed by atoms with Crippen LogP contribution in [0, 0.1) is 0 Å². The number of piperidine rings is 1. The van der Waals surface area contributed by atoms with E-state index in [1.54, 1.807) is 24.4 Å². The fraction of sp³-hybridized carbons (Fsp3) is 0.286. The minimum atomic E-state index is -0.835. The highest BCUT2D eigenvalue weighted by molar-refractivity contribution is 6.25. The minimum absolute atomic E-state index is 0.299. The molecular weight excluding hydrogens is 470 g/mol. The lowest BCUT2D eigenvalue weighted by Gasteiger charge is -2.29. The molecule has 1 unspecified atom stereocenters. The van der Waals surface area contributed by atoms with Crippen LogP contribution < -0.4 is 15.4 Å². The molecule has 6 rings (SSSR count). The maximum absolute atomic E-state index is 13.3. The maximum atomic E-state index is 13.3. The lowest BCUT2D eigenvalue weighted by Crippen LogP contribution is -2.51. The Balaban J connectivity index is 1.17. The molecule has 37 heavy (non-hydrogen) atoms. The summed E-state index contributed by atoms with van der Waals surface area (Å²) in [6, 6.07) is 10.4. The van der Waals surface area contributed by atoms with Gasteiger partial charge in [0.1, 0.15) is 11.8 Å². The van der Waals surface area contributed by atoms with Crippen LogP contribution in [-0.2, 0) is 24.3 Å². The Morgan fingerprint density at radius 2 is 1.97 bits per heavy atom. The summed E-state index contributed by atoms with van der Waals surface area (Å²) in [5.74, 6) is -0.319. The van der Waals surface area contributed by atoms with Crippen LogP contribution in [0.4, 0.5) is 5.69 Å². The average molecular weight is 498 g/mol. The first-order chi connectivity index (χ1) is 18.0. The Morgan fingerprint density at radius 1 is 1.11 bits per heavy atom. The number of carbonyl (C=O) groups is 3. The number of aromatic nitrogens is 2. The number of ether oxygens (including phenoxy) is 1. The molecule has 4 heterocycles. The van der Waals surface area contributed by atoms with Gasteiger partial charge < -0.3 is 15.4 Å². The highest BCUT2D eigenvalue weighted by Gasteiger charge is 2.45. The first kappa shape index (κ1) is 23.0. The van der Waals surface area contributed by atoms with E-state index in [4.69, 9.17) is 4.74 Å². The molecule has 3 amide bonds. The van der Waals surface area contributed by atoms with Gasteiger partial charge in [0.25, 0.3) is 11.8 Å². The quantitative estimate of drug-likeness (QED) is 0.507. The summed E-state index contributed by atoms with van der Waals surface area (Å²) in [5, 5.41) is 10.5. The molecule has 1 atom stereocenters. The lowest BCUT2D eigenvalue weighted by molar-refractivity contribution is -0.125. The molecule has 0 spiro atoms. The van der Waals surface area contributed by atoms with Crippen molar-refractivity contribution in [2.75, 3.05) is 11.9 Å². The number of hydrogen-bond donors (Lipinski definition) is 2. The van der Waals surface area contributed by atoms with E-state index in [1.165, 1.54) is 11.1 Å². The zero-order chi connectivity index (χ0) is 25.5. The Bertz CT molecular complexity index is 1440. The van der Waals surface area contributed by atoms with Crippen LogP contribution >= 0.6 is 0 Å². The summed E-state index contributed by atoms with van der Waals surface area (Å²) in [6.45, 7) is 5.60. The van der Waals surface area contributed by atoms with Gasteiger partial charge in [-0.2, -0.15) is 5.10 Å². The standard InChI is InChI=1S/C28H27N5O4/c1-17-10-11-23(26(34)31-17)33-27(35)21-6-3-8-22(25(21)28(33)36)29-13-18-14-30-32(15-18)16-19-5-2-9-24-20(19)7-4-12-37-24/h2-3,5-6,8-9,14-15,23,29H,1,4,7,10-13,16H2,(H,31,34). The molecule has 1 saturated heterocycles. The number of benzene rings is 2. The molecule has 1 aromatic heterocycles.